The maximum absolute atomic E-state index is 4.32. The van der Waals surface area contributed by atoms with Crippen molar-refractivity contribution in [3.8, 4) is 5.69 Å². The number of H-pyrrole nitrogens is 1. The smallest absolute Gasteiger partial charge is 0.199 e. The third kappa shape index (κ3) is 1.01. The van der Waals surface area contributed by atoms with Gasteiger partial charge in [0.2, 0.25) is 0 Å². The van der Waals surface area contributed by atoms with Crippen molar-refractivity contribution in [3.63, 3.8) is 0 Å². The van der Waals surface area contributed by atoms with Gasteiger partial charge in [-0.15, -0.1) is 5.10 Å². The Morgan fingerprint density at radius 2 is 2.00 bits per heavy atom. The maximum Gasteiger partial charge on any atom is 0.199 e. The molecule has 3 rings (SSSR count). The van der Waals surface area contributed by atoms with E-state index in [-0.39, 0.29) is 0 Å². The molecule has 0 bridgehead atoms. The highest BCUT2D eigenvalue weighted by Gasteiger charge is 2.02. The summed E-state index contributed by atoms with van der Waals surface area (Å²) in [7, 11) is 0. The maximum atomic E-state index is 4.32. The van der Waals surface area contributed by atoms with Gasteiger partial charge in [-0.25, -0.2) is 9.67 Å². The van der Waals surface area contributed by atoms with E-state index in [1.807, 2.05) is 41.2 Å². The van der Waals surface area contributed by atoms with E-state index < -0.39 is 0 Å². The third-order valence-corrected chi connectivity index (χ3v) is 2.12. The normalized spacial score (nSPS) is 10.9. The molecule has 4 heteroatoms. The number of aromatic amines is 1. The quantitative estimate of drug-likeness (QED) is 0.626. The zero-order valence-corrected chi connectivity index (χ0v) is 7.38. The first-order valence-corrected chi connectivity index (χ1v) is 4.38. The molecule has 0 fully saturated rings. The van der Waals surface area contributed by atoms with Crippen molar-refractivity contribution < 1.29 is 0 Å². The lowest BCUT2D eigenvalue weighted by molar-refractivity contribution is 0.887. The van der Waals surface area contributed by atoms with Crippen LogP contribution in [0.3, 0.4) is 0 Å². The molecular weight excluding hydrogens is 176 g/mol. The van der Waals surface area contributed by atoms with E-state index in [0.717, 1.165) is 16.9 Å². The summed E-state index contributed by atoms with van der Waals surface area (Å²) in [6.45, 7) is 0. The van der Waals surface area contributed by atoms with E-state index >= 15 is 0 Å². The van der Waals surface area contributed by atoms with Gasteiger partial charge in [0.15, 0.2) is 5.65 Å². The van der Waals surface area contributed by atoms with Gasteiger partial charge in [-0.2, -0.15) is 0 Å². The number of imidazole rings is 1. The summed E-state index contributed by atoms with van der Waals surface area (Å²) < 4.78 is 1.81. The number of benzene rings is 1. The van der Waals surface area contributed by atoms with Gasteiger partial charge >= 0.3 is 0 Å². The first kappa shape index (κ1) is 7.32. The Kier molecular flexibility index (Phi) is 1.41. The van der Waals surface area contributed by atoms with Crippen LogP contribution < -0.4 is 0 Å². The first-order chi connectivity index (χ1) is 6.93. The Hall–Kier alpha value is -2.10. The molecule has 2 heterocycles. The van der Waals surface area contributed by atoms with Crippen molar-refractivity contribution in [1.29, 1.82) is 0 Å². The van der Waals surface area contributed by atoms with Crippen molar-refractivity contribution in [2.45, 2.75) is 0 Å². The zero-order chi connectivity index (χ0) is 9.38. The van der Waals surface area contributed by atoms with Gasteiger partial charge in [0, 0.05) is 0 Å². The number of fused-ring (bicyclic) bond motifs is 1. The van der Waals surface area contributed by atoms with E-state index in [9.17, 15) is 0 Å². The van der Waals surface area contributed by atoms with E-state index in [2.05, 4.69) is 15.1 Å². The van der Waals surface area contributed by atoms with Gasteiger partial charge in [0.05, 0.1) is 18.2 Å². The van der Waals surface area contributed by atoms with Crippen molar-refractivity contribution in [2.75, 3.05) is 0 Å². The molecule has 1 aromatic carbocycles. The first-order valence-electron chi connectivity index (χ1n) is 4.38. The number of rotatable bonds is 1. The molecular formula is C10H8N4. The Bertz CT molecular complexity index is 521. The molecule has 0 saturated carbocycles. The Morgan fingerprint density at radius 1 is 1.14 bits per heavy atom. The summed E-state index contributed by atoms with van der Waals surface area (Å²) in [4.78, 5) is 7.09. The number of hydrogen-bond acceptors (Lipinski definition) is 2. The van der Waals surface area contributed by atoms with E-state index in [4.69, 9.17) is 0 Å². The van der Waals surface area contributed by atoms with Crippen LogP contribution in [0.5, 0.6) is 0 Å². The zero-order valence-electron chi connectivity index (χ0n) is 7.38. The Balaban J connectivity index is 2.19. The Morgan fingerprint density at radius 3 is 2.79 bits per heavy atom. The van der Waals surface area contributed by atoms with Crippen LogP contribution in [0.4, 0.5) is 0 Å². The van der Waals surface area contributed by atoms with Gasteiger partial charge in [-0.1, -0.05) is 18.2 Å². The SMILES string of the molecule is c1ccc(-n2cc3[nH]cnc3n2)cc1. The summed E-state index contributed by atoms with van der Waals surface area (Å²) >= 11 is 0. The molecule has 3 aromatic rings. The van der Waals surface area contributed by atoms with Crippen LogP contribution in [0.2, 0.25) is 0 Å². The molecule has 0 atom stereocenters. The highest BCUT2D eigenvalue weighted by atomic mass is 15.3. The van der Waals surface area contributed by atoms with E-state index in [0.29, 0.717) is 0 Å². The Labute approximate surface area is 80.2 Å². The number of nitrogens with zero attached hydrogens (tertiary/aromatic N) is 3. The molecule has 0 aliphatic heterocycles. The minimum absolute atomic E-state index is 0.744. The third-order valence-electron chi connectivity index (χ3n) is 2.12. The van der Waals surface area contributed by atoms with Gasteiger partial charge in [0.1, 0.15) is 5.52 Å². The largest absolute Gasteiger partial charge is 0.342 e. The van der Waals surface area contributed by atoms with Gasteiger partial charge in [-0.3, -0.25) is 0 Å². The predicted octanol–water partition coefficient (Wildman–Crippen LogP) is 1.75. The van der Waals surface area contributed by atoms with Crippen molar-refractivity contribution in [2.24, 2.45) is 0 Å². The van der Waals surface area contributed by atoms with Crippen molar-refractivity contribution >= 4 is 11.2 Å². The molecule has 0 spiro atoms. The van der Waals surface area contributed by atoms with Crippen LogP contribution in [0.15, 0.2) is 42.9 Å². The van der Waals surface area contributed by atoms with Gasteiger partial charge in [-0.05, 0) is 12.1 Å². The summed E-state index contributed by atoms with van der Waals surface area (Å²) in [5, 5.41) is 4.32. The average molecular weight is 184 g/mol. The fraction of sp³-hybridized carbons (Fsp3) is 0. The molecule has 0 unspecified atom stereocenters. The second-order valence-corrected chi connectivity index (χ2v) is 3.05. The molecule has 0 aliphatic rings. The highest BCUT2D eigenvalue weighted by molar-refractivity contribution is 5.69. The molecule has 68 valence electrons. The average Bonchev–Trinajstić information content (AvgIpc) is 2.78. The molecule has 14 heavy (non-hydrogen) atoms. The predicted molar refractivity (Wildman–Crippen MR) is 53.2 cm³/mol. The van der Waals surface area contributed by atoms with Crippen LogP contribution in [-0.2, 0) is 0 Å². The van der Waals surface area contributed by atoms with Crippen LogP contribution in [0.1, 0.15) is 0 Å². The van der Waals surface area contributed by atoms with Crippen LogP contribution in [0, 0.1) is 0 Å². The van der Waals surface area contributed by atoms with Crippen LogP contribution in [-0.4, -0.2) is 19.7 Å². The molecule has 0 amide bonds. The number of hydrogen-bond donors (Lipinski definition) is 1. The fourth-order valence-electron chi connectivity index (χ4n) is 1.44. The molecule has 0 aliphatic carbocycles. The highest BCUT2D eigenvalue weighted by Crippen LogP contribution is 2.11. The molecule has 0 radical (unpaired) electrons. The molecule has 4 nitrogen and oxygen atoms in total. The summed E-state index contributed by atoms with van der Waals surface area (Å²) in [6.07, 6.45) is 3.57. The van der Waals surface area contributed by atoms with Crippen LogP contribution in [0.25, 0.3) is 16.9 Å². The van der Waals surface area contributed by atoms with Gasteiger partial charge in [0.25, 0.3) is 0 Å². The molecule has 1 N–H and O–H groups in total. The van der Waals surface area contributed by atoms with Crippen molar-refractivity contribution in [3.05, 3.63) is 42.9 Å². The van der Waals surface area contributed by atoms with Crippen LogP contribution >= 0.6 is 0 Å². The lowest BCUT2D eigenvalue weighted by Crippen LogP contribution is -1.93. The van der Waals surface area contributed by atoms with E-state index in [1.165, 1.54) is 0 Å². The second kappa shape index (κ2) is 2.70. The van der Waals surface area contributed by atoms with Crippen molar-refractivity contribution in [1.82, 2.24) is 19.7 Å². The standard InChI is InChI=1S/C10H8N4/c1-2-4-8(5-3-1)14-6-9-10(13-14)12-7-11-9/h1-7H,(H,11,12,13). The molecule has 0 saturated heterocycles. The monoisotopic (exact) mass is 184 g/mol. The topological polar surface area (TPSA) is 46.5 Å². The summed E-state index contributed by atoms with van der Waals surface area (Å²) in [5.41, 5.74) is 2.74. The van der Waals surface area contributed by atoms with Gasteiger partial charge < -0.3 is 4.98 Å². The second-order valence-electron chi connectivity index (χ2n) is 3.05. The fourth-order valence-corrected chi connectivity index (χ4v) is 1.44. The minimum atomic E-state index is 0.744. The lowest BCUT2D eigenvalue weighted by Gasteiger charge is -1.97. The summed E-state index contributed by atoms with van der Waals surface area (Å²) in [5.74, 6) is 0. The lowest BCUT2D eigenvalue weighted by atomic mass is 10.3. The summed E-state index contributed by atoms with van der Waals surface area (Å²) in [6, 6.07) is 9.96. The molecule has 2 aromatic heterocycles. The number of para-hydroxylation sites is 1. The van der Waals surface area contributed by atoms with E-state index in [1.54, 1.807) is 6.33 Å². The number of aromatic nitrogens is 4. The minimum Gasteiger partial charge on any atom is -0.342 e. The number of nitrogens with one attached hydrogen (secondary N) is 1.